The number of likely N-dealkylation sites (N-methyl/N-ethyl adjacent to an activating group) is 1. The molecule has 1 fully saturated rings. The summed E-state index contributed by atoms with van der Waals surface area (Å²) in [6.07, 6.45) is 4.60. The van der Waals surface area contributed by atoms with E-state index in [4.69, 9.17) is 0 Å². The van der Waals surface area contributed by atoms with Crippen molar-refractivity contribution in [1.29, 1.82) is 0 Å². The zero-order valence-corrected chi connectivity index (χ0v) is 11.5. The molecule has 1 aliphatic heterocycles. The van der Waals surface area contributed by atoms with Crippen LogP contribution in [0.15, 0.2) is 24.5 Å². The number of pyridine rings is 1. The Morgan fingerprint density at radius 3 is 2.95 bits per heavy atom. The highest BCUT2D eigenvalue weighted by Gasteiger charge is 2.35. The monoisotopic (exact) mass is 263 g/mol. The number of carbonyl (C=O) groups excluding carboxylic acids is 1. The van der Waals surface area contributed by atoms with Crippen LogP contribution in [0, 0.1) is 0 Å². The molecule has 2 atom stereocenters. The van der Waals surface area contributed by atoms with Crippen molar-refractivity contribution >= 4 is 5.91 Å². The van der Waals surface area contributed by atoms with E-state index in [1.165, 1.54) is 0 Å². The third kappa shape index (κ3) is 3.30. The van der Waals surface area contributed by atoms with Crippen LogP contribution in [-0.4, -0.2) is 65.1 Å². The molecule has 1 amide bonds. The van der Waals surface area contributed by atoms with Crippen LogP contribution in [0.5, 0.6) is 0 Å². The van der Waals surface area contributed by atoms with Gasteiger partial charge in [-0.1, -0.05) is 6.07 Å². The highest BCUT2D eigenvalue weighted by atomic mass is 16.3. The average molecular weight is 263 g/mol. The molecule has 0 aromatic carbocycles. The SMILES string of the molecule is CN(C)[C@@H]1C[C@@H](CO)N(C(=O)Cc2cccnc2)C1. The first-order valence-electron chi connectivity index (χ1n) is 6.57. The molecule has 0 unspecified atom stereocenters. The van der Waals surface area contributed by atoms with Crippen molar-refractivity contribution in [1.82, 2.24) is 14.8 Å². The van der Waals surface area contributed by atoms with Gasteiger partial charge in [0.25, 0.3) is 0 Å². The largest absolute Gasteiger partial charge is 0.394 e. The second kappa shape index (κ2) is 6.12. The van der Waals surface area contributed by atoms with Gasteiger partial charge in [0.05, 0.1) is 19.1 Å². The molecule has 1 saturated heterocycles. The molecule has 0 radical (unpaired) electrons. The Morgan fingerprint density at radius 1 is 1.58 bits per heavy atom. The third-order valence-corrected chi connectivity index (χ3v) is 3.73. The summed E-state index contributed by atoms with van der Waals surface area (Å²) < 4.78 is 0. The molecule has 0 saturated carbocycles. The lowest BCUT2D eigenvalue weighted by Gasteiger charge is -2.23. The van der Waals surface area contributed by atoms with Crippen LogP contribution in [0.2, 0.25) is 0 Å². The Kier molecular flexibility index (Phi) is 4.50. The van der Waals surface area contributed by atoms with Crippen LogP contribution < -0.4 is 0 Å². The number of rotatable bonds is 4. The smallest absolute Gasteiger partial charge is 0.227 e. The standard InChI is InChI=1S/C14H21N3O2/c1-16(2)12-7-13(10-18)17(9-12)14(19)6-11-4-3-5-15-8-11/h3-5,8,12-13,18H,6-7,9-10H2,1-2H3/t12-,13+/m1/s1. The van der Waals surface area contributed by atoms with E-state index >= 15 is 0 Å². The zero-order chi connectivity index (χ0) is 13.8. The van der Waals surface area contributed by atoms with Gasteiger partial charge in [0, 0.05) is 25.0 Å². The van der Waals surface area contributed by atoms with Crippen molar-refractivity contribution in [2.45, 2.75) is 24.9 Å². The van der Waals surface area contributed by atoms with E-state index in [2.05, 4.69) is 9.88 Å². The van der Waals surface area contributed by atoms with Crippen molar-refractivity contribution < 1.29 is 9.90 Å². The van der Waals surface area contributed by atoms with Crippen LogP contribution in [0.1, 0.15) is 12.0 Å². The van der Waals surface area contributed by atoms with Crippen molar-refractivity contribution in [2.75, 3.05) is 27.2 Å². The van der Waals surface area contributed by atoms with E-state index in [1.807, 2.05) is 26.2 Å². The van der Waals surface area contributed by atoms with Crippen LogP contribution in [0.25, 0.3) is 0 Å². The molecule has 19 heavy (non-hydrogen) atoms. The average Bonchev–Trinajstić information content (AvgIpc) is 2.84. The fourth-order valence-corrected chi connectivity index (χ4v) is 2.52. The van der Waals surface area contributed by atoms with E-state index in [9.17, 15) is 9.90 Å². The number of aromatic nitrogens is 1. The lowest BCUT2D eigenvalue weighted by atomic mass is 10.1. The number of aliphatic hydroxyl groups is 1. The molecule has 2 rings (SSSR count). The molecule has 0 bridgehead atoms. The van der Waals surface area contributed by atoms with Crippen molar-refractivity contribution in [3.63, 3.8) is 0 Å². The van der Waals surface area contributed by atoms with Gasteiger partial charge >= 0.3 is 0 Å². The Morgan fingerprint density at radius 2 is 2.37 bits per heavy atom. The van der Waals surface area contributed by atoms with Crippen molar-refractivity contribution in [3.8, 4) is 0 Å². The van der Waals surface area contributed by atoms with Gasteiger partial charge in [0.1, 0.15) is 0 Å². The molecule has 1 aliphatic rings. The maximum atomic E-state index is 12.3. The van der Waals surface area contributed by atoms with Gasteiger partial charge in [-0.05, 0) is 32.1 Å². The molecule has 104 valence electrons. The van der Waals surface area contributed by atoms with Gasteiger partial charge in [-0.15, -0.1) is 0 Å². The number of nitrogens with zero attached hydrogens (tertiary/aromatic N) is 3. The molecule has 5 heteroatoms. The van der Waals surface area contributed by atoms with Crippen LogP contribution in [0.4, 0.5) is 0 Å². The number of hydrogen-bond acceptors (Lipinski definition) is 4. The van der Waals surface area contributed by atoms with E-state index in [1.54, 1.807) is 17.3 Å². The van der Waals surface area contributed by atoms with E-state index in [-0.39, 0.29) is 18.6 Å². The van der Waals surface area contributed by atoms with Gasteiger partial charge in [0.2, 0.25) is 5.91 Å². The molecule has 0 spiro atoms. The molecule has 5 nitrogen and oxygen atoms in total. The van der Waals surface area contributed by atoms with Crippen LogP contribution >= 0.6 is 0 Å². The molecule has 0 aliphatic carbocycles. The molecule has 1 aromatic heterocycles. The minimum Gasteiger partial charge on any atom is -0.394 e. The summed E-state index contributed by atoms with van der Waals surface area (Å²) in [7, 11) is 4.02. The summed E-state index contributed by atoms with van der Waals surface area (Å²) in [6.45, 7) is 0.723. The predicted octanol–water partition coefficient (Wildman–Crippen LogP) is 0.147. The van der Waals surface area contributed by atoms with E-state index < -0.39 is 0 Å². The van der Waals surface area contributed by atoms with Crippen molar-refractivity contribution in [3.05, 3.63) is 30.1 Å². The number of carbonyl (C=O) groups is 1. The lowest BCUT2D eigenvalue weighted by Crippen LogP contribution is -2.39. The topological polar surface area (TPSA) is 56.7 Å². The van der Waals surface area contributed by atoms with Gasteiger partial charge in [0.15, 0.2) is 0 Å². The highest BCUT2D eigenvalue weighted by Crippen LogP contribution is 2.21. The third-order valence-electron chi connectivity index (χ3n) is 3.73. The number of likely N-dealkylation sites (tertiary alicyclic amines) is 1. The first-order valence-corrected chi connectivity index (χ1v) is 6.57. The maximum absolute atomic E-state index is 12.3. The van der Waals surface area contributed by atoms with Crippen molar-refractivity contribution in [2.24, 2.45) is 0 Å². The lowest BCUT2D eigenvalue weighted by molar-refractivity contribution is -0.132. The second-order valence-corrected chi connectivity index (χ2v) is 5.27. The summed E-state index contributed by atoms with van der Waals surface area (Å²) in [5.41, 5.74) is 0.914. The first kappa shape index (κ1) is 14.0. The molecule has 1 aromatic rings. The van der Waals surface area contributed by atoms with Gasteiger partial charge in [-0.2, -0.15) is 0 Å². The molecule has 1 N–H and O–H groups in total. The van der Waals surface area contributed by atoms with Crippen LogP contribution in [-0.2, 0) is 11.2 Å². The normalized spacial score (nSPS) is 23.1. The van der Waals surface area contributed by atoms with Gasteiger partial charge in [-0.25, -0.2) is 0 Å². The summed E-state index contributed by atoms with van der Waals surface area (Å²) >= 11 is 0. The Labute approximate surface area is 113 Å². The van der Waals surface area contributed by atoms with Gasteiger partial charge < -0.3 is 14.9 Å². The summed E-state index contributed by atoms with van der Waals surface area (Å²) in [5.74, 6) is 0.0661. The highest BCUT2D eigenvalue weighted by molar-refractivity contribution is 5.79. The Balaban J connectivity index is 2.02. The predicted molar refractivity (Wildman–Crippen MR) is 72.6 cm³/mol. The van der Waals surface area contributed by atoms with E-state index in [0.29, 0.717) is 19.0 Å². The fourth-order valence-electron chi connectivity index (χ4n) is 2.52. The minimum absolute atomic E-state index is 0.0309. The number of hydrogen-bond donors (Lipinski definition) is 1. The fraction of sp³-hybridized carbons (Fsp3) is 0.571. The quantitative estimate of drug-likeness (QED) is 0.840. The molecule has 2 heterocycles. The van der Waals surface area contributed by atoms with Gasteiger partial charge in [-0.3, -0.25) is 9.78 Å². The summed E-state index contributed by atoms with van der Waals surface area (Å²) in [6, 6.07) is 4.00. The van der Waals surface area contributed by atoms with Crippen LogP contribution in [0.3, 0.4) is 0 Å². The second-order valence-electron chi connectivity index (χ2n) is 5.27. The number of amides is 1. The maximum Gasteiger partial charge on any atom is 0.227 e. The zero-order valence-electron chi connectivity index (χ0n) is 11.5. The Hall–Kier alpha value is -1.46. The number of aliphatic hydroxyl groups excluding tert-OH is 1. The summed E-state index contributed by atoms with van der Waals surface area (Å²) in [5, 5.41) is 9.43. The minimum atomic E-state index is -0.0587. The first-order chi connectivity index (χ1) is 9.11. The van der Waals surface area contributed by atoms with E-state index in [0.717, 1.165) is 12.0 Å². The molecular formula is C14H21N3O2. The molecular weight excluding hydrogens is 242 g/mol. The Bertz CT molecular complexity index is 422. The summed E-state index contributed by atoms with van der Waals surface area (Å²) in [4.78, 5) is 20.3.